The van der Waals surface area contributed by atoms with E-state index in [0.29, 0.717) is 16.9 Å². The monoisotopic (exact) mass is 501 g/mol. The second-order valence-corrected chi connectivity index (χ2v) is 11.6. The number of sulfonamides is 1. The molecule has 0 saturated heterocycles. The third kappa shape index (κ3) is 4.82. The summed E-state index contributed by atoms with van der Waals surface area (Å²) in [6, 6.07) is 11.9. The smallest absolute Gasteiger partial charge is 0.279 e. The van der Waals surface area contributed by atoms with Gasteiger partial charge in [-0.1, -0.05) is 43.6 Å². The molecular weight excluding hydrogens is 470 g/mol. The van der Waals surface area contributed by atoms with E-state index < -0.39 is 15.9 Å². The maximum absolute atomic E-state index is 13.1. The number of fused-ring (bicyclic) bond motifs is 1. The quantitative estimate of drug-likeness (QED) is 0.465. The Morgan fingerprint density at radius 1 is 1.15 bits per heavy atom. The Bertz CT molecular complexity index is 1330. The highest BCUT2D eigenvalue weighted by molar-refractivity contribution is 7.89. The van der Waals surface area contributed by atoms with Gasteiger partial charge >= 0.3 is 0 Å². The summed E-state index contributed by atoms with van der Waals surface area (Å²) in [7, 11) is -0.318. The van der Waals surface area contributed by atoms with Gasteiger partial charge in [0.2, 0.25) is 10.0 Å². The molecule has 1 saturated carbocycles. The van der Waals surface area contributed by atoms with Gasteiger partial charge in [0.1, 0.15) is 11.3 Å². The van der Waals surface area contributed by atoms with Crippen molar-refractivity contribution < 1.29 is 17.9 Å². The fourth-order valence-electron chi connectivity index (χ4n) is 4.51. The number of rotatable bonds is 7. The molecule has 0 bridgehead atoms. The lowest BCUT2D eigenvalue weighted by Gasteiger charge is -2.30. The summed E-state index contributed by atoms with van der Waals surface area (Å²) >= 11 is 1.44. The lowest BCUT2D eigenvalue weighted by Crippen LogP contribution is -2.38. The van der Waals surface area contributed by atoms with Gasteiger partial charge in [-0.25, -0.2) is 8.42 Å². The van der Waals surface area contributed by atoms with E-state index in [0.717, 1.165) is 54.5 Å². The van der Waals surface area contributed by atoms with Gasteiger partial charge in [-0.2, -0.15) is 9.30 Å². The number of aromatic nitrogens is 1. The first-order valence-corrected chi connectivity index (χ1v) is 14.0. The first-order valence-electron chi connectivity index (χ1n) is 11.7. The van der Waals surface area contributed by atoms with Crippen LogP contribution in [0.2, 0.25) is 0 Å². The highest BCUT2D eigenvalue weighted by Crippen LogP contribution is 2.28. The van der Waals surface area contributed by atoms with Crippen LogP contribution in [-0.4, -0.2) is 43.4 Å². The molecule has 1 heterocycles. The molecule has 1 aliphatic carbocycles. The van der Waals surface area contributed by atoms with E-state index in [1.165, 1.54) is 27.8 Å². The van der Waals surface area contributed by atoms with Crippen LogP contribution in [0.4, 0.5) is 0 Å². The summed E-state index contributed by atoms with van der Waals surface area (Å²) in [5, 5.41) is 0. The van der Waals surface area contributed by atoms with Gasteiger partial charge in [-0.3, -0.25) is 4.79 Å². The molecule has 1 aromatic heterocycles. The summed E-state index contributed by atoms with van der Waals surface area (Å²) in [5.41, 5.74) is 1.28. The molecule has 9 heteroatoms. The molecule has 4 rings (SSSR count). The highest BCUT2D eigenvalue weighted by atomic mass is 32.2. The number of carbonyl (C=O) groups is 1. The van der Waals surface area contributed by atoms with Gasteiger partial charge in [0.15, 0.2) is 4.80 Å². The lowest BCUT2D eigenvalue weighted by atomic mass is 9.96. The lowest BCUT2D eigenvalue weighted by molar-refractivity contribution is 0.0997. The van der Waals surface area contributed by atoms with Crippen LogP contribution in [0.25, 0.3) is 10.2 Å². The second-order valence-electron chi connectivity index (χ2n) is 8.60. The molecule has 1 aliphatic rings. The Morgan fingerprint density at radius 3 is 2.50 bits per heavy atom. The zero-order valence-corrected chi connectivity index (χ0v) is 21.5. The largest absolute Gasteiger partial charge is 0.495 e. The third-order valence-corrected chi connectivity index (χ3v) is 9.36. The molecule has 0 radical (unpaired) electrons. The van der Waals surface area contributed by atoms with Crippen molar-refractivity contribution in [1.29, 1.82) is 0 Å². The van der Waals surface area contributed by atoms with Gasteiger partial charge in [0.05, 0.1) is 16.7 Å². The number of hydrogen-bond donors (Lipinski definition) is 0. The van der Waals surface area contributed by atoms with Crippen molar-refractivity contribution in [2.45, 2.75) is 62.9 Å². The van der Waals surface area contributed by atoms with Crippen LogP contribution in [0.1, 0.15) is 55.8 Å². The van der Waals surface area contributed by atoms with Crippen LogP contribution >= 0.6 is 11.3 Å². The summed E-state index contributed by atoms with van der Waals surface area (Å²) in [5.74, 6) is 0.340. The third-order valence-electron chi connectivity index (χ3n) is 6.40. The van der Waals surface area contributed by atoms with Crippen molar-refractivity contribution in [3.63, 3.8) is 0 Å². The molecule has 7 nitrogen and oxygen atoms in total. The second kappa shape index (κ2) is 10.4. The zero-order valence-electron chi connectivity index (χ0n) is 19.9. The van der Waals surface area contributed by atoms with Crippen LogP contribution < -0.4 is 9.54 Å². The van der Waals surface area contributed by atoms with E-state index in [4.69, 9.17) is 4.74 Å². The molecule has 3 aromatic rings. The normalized spacial score (nSPS) is 15.8. The molecular formula is C25H31N3O4S2. The fraction of sp³-hybridized carbons (Fsp3) is 0.440. The number of benzene rings is 2. The zero-order chi connectivity index (χ0) is 24.3. The molecule has 0 spiro atoms. The number of amides is 1. The van der Waals surface area contributed by atoms with Crippen molar-refractivity contribution >= 4 is 37.5 Å². The summed E-state index contributed by atoms with van der Waals surface area (Å²) < 4.78 is 36.2. The van der Waals surface area contributed by atoms with Crippen molar-refractivity contribution in [3.05, 3.63) is 52.8 Å². The van der Waals surface area contributed by atoms with Gasteiger partial charge in [0, 0.05) is 25.2 Å². The molecule has 34 heavy (non-hydrogen) atoms. The number of carbonyl (C=O) groups excluding carboxylic acids is 1. The molecule has 1 fully saturated rings. The van der Waals surface area contributed by atoms with Crippen molar-refractivity contribution in [1.82, 2.24) is 8.87 Å². The van der Waals surface area contributed by atoms with Crippen molar-refractivity contribution in [3.8, 4) is 5.75 Å². The van der Waals surface area contributed by atoms with E-state index in [-0.39, 0.29) is 10.9 Å². The molecule has 0 atom stereocenters. The number of nitrogens with zero attached hydrogens (tertiary/aromatic N) is 3. The van der Waals surface area contributed by atoms with Crippen molar-refractivity contribution in [2.75, 3.05) is 14.2 Å². The number of ether oxygens (including phenoxy) is 1. The molecule has 0 aliphatic heterocycles. The maximum Gasteiger partial charge on any atom is 0.279 e. The van der Waals surface area contributed by atoms with Crippen LogP contribution in [0.3, 0.4) is 0 Å². The Morgan fingerprint density at radius 2 is 1.85 bits per heavy atom. The number of aryl methyl sites for hydroxylation is 1. The number of thiazole rings is 1. The predicted molar refractivity (Wildman–Crippen MR) is 135 cm³/mol. The van der Waals surface area contributed by atoms with Gasteiger partial charge in [0.25, 0.3) is 5.91 Å². The Hall–Kier alpha value is -2.49. The van der Waals surface area contributed by atoms with Gasteiger partial charge in [-0.05, 0) is 55.7 Å². The van der Waals surface area contributed by atoms with E-state index in [9.17, 15) is 13.2 Å². The van der Waals surface area contributed by atoms with E-state index in [2.05, 4.69) is 11.9 Å². The van der Waals surface area contributed by atoms with Crippen LogP contribution in [0, 0.1) is 0 Å². The molecule has 182 valence electrons. The Kier molecular flexibility index (Phi) is 7.54. The Balaban J connectivity index is 1.63. The molecule has 0 unspecified atom stereocenters. The molecule has 1 amide bonds. The maximum atomic E-state index is 13.1. The fourth-order valence-corrected chi connectivity index (χ4v) is 6.99. The minimum absolute atomic E-state index is 0.0361. The van der Waals surface area contributed by atoms with Crippen LogP contribution in [-0.2, 0) is 16.6 Å². The van der Waals surface area contributed by atoms with E-state index >= 15 is 0 Å². The van der Waals surface area contributed by atoms with Crippen LogP contribution in [0.5, 0.6) is 5.75 Å². The average Bonchev–Trinajstić information content (AvgIpc) is 3.21. The molecule has 2 aromatic carbocycles. The van der Waals surface area contributed by atoms with E-state index in [1.807, 2.05) is 22.8 Å². The number of methoxy groups -OCH3 is 1. The summed E-state index contributed by atoms with van der Waals surface area (Å²) in [6.45, 7) is 2.78. The van der Waals surface area contributed by atoms with Crippen molar-refractivity contribution in [2.24, 2.45) is 4.99 Å². The SMILES string of the molecule is CCCn1c(=NC(=O)c2ccc(S(=O)(=O)N(C)C3CCCCC3)cc2)sc2cccc(OC)c21. The minimum Gasteiger partial charge on any atom is -0.495 e. The van der Waals surface area contributed by atoms with E-state index in [1.54, 1.807) is 26.3 Å². The summed E-state index contributed by atoms with van der Waals surface area (Å²) in [4.78, 5) is 18.2. The first kappa shape index (κ1) is 24.6. The van der Waals surface area contributed by atoms with Crippen LogP contribution in [0.15, 0.2) is 52.4 Å². The number of hydrogen-bond acceptors (Lipinski definition) is 5. The van der Waals surface area contributed by atoms with Gasteiger partial charge < -0.3 is 9.30 Å². The average molecular weight is 502 g/mol. The highest BCUT2D eigenvalue weighted by Gasteiger charge is 2.29. The first-order chi connectivity index (χ1) is 16.4. The molecule has 0 N–H and O–H groups in total. The summed E-state index contributed by atoms with van der Waals surface area (Å²) in [6.07, 6.45) is 5.94. The number of para-hydroxylation sites is 1. The Labute approximate surface area is 204 Å². The van der Waals surface area contributed by atoms with Gasteiger partial charge in [-0.15, -0.1) is 0 Å². The predicted octanol–water partition coefficient (Wildman–Crippen LogP) is 4.82. The standard InChI is InChI=1S/C25H31N3O4S2/c1-4-17-28-23-21(32-3)11-8-12-22(23)33-25(28)26-24(29)18-13-15-20(16-14-18)34(30,31)27(2)19-9-6-5-7-10-19/h8,11-16,19H,4-7,9-10,17H2,1-3H3. The minimum atomic E-state index is -3.60. The topological polar surface area (TPSA) is 81.0 Å².